The standard InChI is InChI=1S/C10H19NO3/c1-4-13-10-5-7(2)9(14-10)6-11-8(3)12/h7,9-10H,4-6H2,1-3H3,(H,11,12)/t7-,9+,10+/m0/s1. The summed E-state index contributed by atoms with van der Waals surface area (Å²) in [6.07, 6.45) is 0.919. The number of rotatable bonds is 4. The summed E-state index contributed by atoms with van der Waals surface area (Å²) in [5.74, 6) is 0.430. The Balaban J connectivity index is 2.29. The summed E-state index contributed by atoms with van der Waals surface area (Å²) < 4.78 is 11.0. The molecule has 1 fully saturated rings. The molecule has 1 aliphatic rings. The number of amides is 1. The molecule has 0 bridgehead atoms. The Kier molecular flexibility index (Phi) is 4.35. The minimum absolute atomic E-state index is 0.0133. The van der Waals surface area contributed by atoms with Crippen molar-refractivity contribution in [2.75, 3.05) is 13.2 Å². The molecule has 14 heavy (non-hydrogen) atoms. The van der Waals surface area contributed by atoms with E-state index < -0.39 is 0 Å². The van der Waals surface area contributed by atoms with E-state index in [9.17, 15) is 4.79 Å². The molecule has 0 radical (unpaired) electrons. The van der Waals surface area contributed by atoms with Crippen molar-refractivity contribution in [1.29, 1.82) is 0 Å². The zero-order valence-electron chi connectivity index (χ0n) is 9.08. The van der Waals surface area contributed by atoms with Gasteiger partial charge in [-0.25, -0.2) is 0 Å². The third-order valence-corrected chi connectivity index (χ3v) is 2.43. The lowest BCUT2D eigenvalue weighted by atomic mass is 10.0. The van der Waals surface area contributed by atoms with E-state index in [0.717, 1.165) is 6.42 Å². The van der Waals surface area contributed by atoms with E-state index in [0.29, 0.717) is 19.1 Å². The van der Waals surface area contributed by atoms with Gasteiger partial charge in [-0.3, -0.25) is 4.79 Å². The van der Waals surface area contributed by atoms with Gasteiger partial charge in [-0.1, -0.05) is 6.92 Å². The summed E-state index contributed by atoms with van der Waals surface area (Å²) in [6.45, 7) is 6.84. The van der Waals surface area contributed by atoms with Gasteiger partial charge in [0.25, 0.3) is 0 Å². The average Bonchev–Trinajstić information content (AvgIpc) is 2.44. The van der Waals surface area contributed by atoms with Gasteiger partial charge in [-0.15, -0.1) is 0 Å². The molecule has 0 unspecified atom stereocenters. The summed E-state index contributed by atoms with van der Waals surface area (Å²) >= 11 is 0. The van der Waals surface area contributed by atoms with Crippen LogP contribution in [0.1, 0.15) is 27.2 Å². The van der Waals surface area contributed by atoms with Gasteiger partial charge >= 0.3 is 0 Å². The van der Waals surface area contributed by atoms with Crippen LogP contribution in [0.15, 0.2) is 0 Å². The van der Waals surface area contributed by atoms with Gasteiger partial charge in [0.1, 0.15) is 0 Å². The zero-order valence-corrected chi connectivity index (χ0v) is 9.08. The third kappa shape index (κ3) is 3.27. The fraction of sp³-hybridized carbons (Fsp3) is 0.900. The molecular formula is C10H19NO3. The smallest absolute Gasteiger partial charge is 0.216 e. The Morgan fingerprint density at radius 3 is 2.93 bits per heavy atom. The molecule has 1 saturated heterocycles. The quantitative estimate of drug-likeness (QED) is 0.735. The summed E-state index contributed by atoms with van der Waals surface area (Å²) in [4.78, 5) is 10.7. The number of hydrogen-bond donors (Lipinski definition) is 1. The highest BCUT2D eigenvalue weighted by Crippen LogP contribution is 2.26. The van der Waals surface area contributed by atoms with Gasteiger partial charge in [-0.2, -0.15) is 0 Å². The van der Waals surface area contributed by atoms with Crippen molar-refractivity contribution in [3.8, 4) is 0 Å². The molecule has 4 heteroatoms. The largest absolute Gasteiger partial charge is 0.354 e. The van der Waals surface area contributed by atoms with Gasteiger partial charge in [0.05, 0.1) is 6.10 Å². The number of carbonyl (C=O) groups is 1. The molecule has 82 valence electrons. The van der Waals surface area contributed by atoms with Gasteiger partial charge in [0, 0.05) is 26.5 Å². The van der Waals surface area contributed by atoms with Crippen LogP contribution in [-0.2, 0) is 14.3 Å². The van der Waals surface area contributed by atoms with Crippen LogP contribution in [0.3, 0.4) is 0 Å². The first-order valence-electron chi connectivity index (χ1n) is 5.15. The van der Waals surface area contributed by atoms with Crippen LogP contribution in [0.4, 0.5) is 0 Å². The van der Waals surface area contributed by atoms with Crippen molar-refractivity contribution in [1.82, 2.24) is 5.32 Å². The Labute approximate surface area is 85.0 Å². The minimum Gasteiger partial charge on any atom is -0.354 e. The molecule has 0 aromatic carbocycles. The molecule has 1 rings (SSSR count). The van der Waals surface area contributed by atoms with Crippen molar-refractivity contribution >= 4 is 5.91 Å². The van der Waals surface area contributed by atoms with Crippen LogP contribution < -0.4 is 5.32 Å². The van der Waals surface area contributed by atoms with Crippen LogP contribution in [0, 0.1) is 5.92 Å². The van der Waals surface area contributed by atoms with Crippen LogP contribution in [0.25, 0.3) is 0 Å². The zero-order chi connectivity index (χ0) is 10.6. The molecule has 1 amide bonds. The van der Waals surface area contributed by atoms with Crippen molar-refractivity contribution in [3.05, 3.63) is 0 Å². The molecule has 3 atom stereocenters. The van der Waals surface area contributed by atoms with E-state index in [4.69, 9.17) is 9.47 Å². The Bertz CT molecular complexity index is 196. The van der Waals surface area contributed by atoms with E-state index in [1.807, 2.05) is 6.92 Å². The number of carbonyl (C=O) groups excluding carboxylic acids is 1. The van der Waals surface area contributed by atoms with Gasteiger partial charge in [0.15, 0.2) is 6.29 Å². The highest BCUT2D eigenvalue weighted by molar-refractivity contribution is 5.72. The molecule has 0 aromatic rings. The highest BCUT2D eigenvalue weighted by atomic mass is 16.7. The molecule has 4 nitrogen and oxygen atoms in total. The normalized spacial score (nSPS) is 31.8. The SMILES string of the molecule is CCO[C@H]1C[C@H](C)[C@@H](CNC(C)=O)O1. The van der Waals surface area contributed by atoms with Crippen molar-refractivity contribution < 1.29 is 14.3 Å². The number of ether oxygens (including phenoxy) is 2. The molecule has 0 aliphatic carbocycles. The molecule has 0 spiro atoms. The van der Waals surface area contributed by atoms with E-state index in [-0.39, 0.29) is 18.3 Å². The van der Waals surface area contributed by atoms with Crippen LogP contribution >= 0.6 is 0 Å². The summed E-state index contributed by atoms with van der Waals surface area (Å²) in [5, 5.41) is 2.76. The first-order valence-corrected chi connectivity index (χ1v) is 5.15. The minimum atomic E-state index is -0.0891. The second kappa shape index (κ2) is 5.32. The fourth-order valence-corrected chi connectivity index (χ4v) is 1.63. The predicted octanol–water partition coefficient (Wildman–Crippen LogP) is 0.910. The highest BCUT2D eigenvalue weighted by Gasteiger charge is 2.32. The first kappa shape index (κ1) is 11.5. The maximum Gasteiger partial charge on any atom is 0.216 e. The average molecular weight is 201 g/mol. The van der Waals surface area contributed by atoms with E-state index in [2.05, 4.69) is 12.2 Å². The summed E-state index contributed by atoms with van der Waals surface area (Å²) in [7, 11) is 0. The maximum absolute atomic E-state index is 10.7. The van der Waals surface area contributed by atoms with E-state index in [1.165, 1.54) is 6.92 Å². The van der Waals surface area contributed by atoms with Crippen molar-refractivity contribution in [2.24, 2.45) is 5.92 Å². The Morgan fingerprint density at radius 2 is 2.36 bits per heavy atom. The molecule has 1 N–H and O–H groups in total. The molecule has 1 heterocycles. The number of hydrogen-bond acceptors (Lipinski definition) is 3. The monoisotopic (exact) mass is 201 g/mol. The lowest BCUT2D eigenvalue weighted by molar-refractivity contribution is -0.133. The fourth-order valence-electron chi connectivity index (χ4n) is 1.63. The Morgan fingerprint density at radius 1 is 1.64 bits per heavy atom. The van der Waals surface area contributed by atoms with Gasteiger partial charge in [0.2, 0.25) is 5.91 Å². The number of nitrogens with one attached hydrogen (secondary N) is 1. The topological polar surface area (TPSA) is 47.6 Å². The first-order chi connectivity index (χ1) is 6.63. The van der Waals surface area contributed by atoms with Crippen molar-refractivity contribution in [3.63, 3.8) is 0 Å². The third-order valence-electron chi connectivity index (χ3n) is 2.43. The van der Waals surface area contributed by atoms with Crippen LogP contribution in [0.5, 0.6) is 0 Å². The predicted molar refractivity (Wildman–Crippen MR) is 52.8 cm³/mol. The van der Waals surface area contributed by atoms with Gasteiger partial charge < -0.3 is 14.8 Å². The van der Waals surface area contributed by atoms with Crippen LogP contribution in [-0.4, -0.2) is 31.5 Å². The molecule has 0 aromatic heterocycles. The lowest BCUT2D eigenvalue weighted by Crippen LogP contribution is -2.33. The Hall–Kier alpha value is -0.610. The molecule has 0 saturated carbocycles. The van der Waals surface area contributed by atoms with E-state index >= 15 is 0 Å². The van der Waals surface area contributed by atoms with Gasteiger partial charge in [-0.05, 0) is 12.8 Å². The maximum atomic E-state index is 10.7. The van der Waals surface area contributed by atoms with E-state index in [1.54, 1.807) is 0 Å². The second-order valence-electron chi connectivity index (χ2n) is 3.71. The summed E-state index contributed by atoms with van der Waals surface area (Å²) in [5.41, 5.74) is 0. The lowest BCUT2D eigenvalue weighted by Gasteiger charge is -2.15. The molecular weight excluding hydrogens is 182 g/mol. The summed E-state index contributed by atoms with van der Waals surface area (Å²) in [6, 6.07) is 0. The van der Waals surface area contributed by atoms with Crippen LogP contribution in [0.2, 0.25) is 0 Å². The second-order valence-corrected chi connectivity index (χ2v) is 3.71. The molecule has 1 aliphatic heterocycles. The van der Waals surface area contributed by atoms with Crippen molar-refractivity contribution in [2.45, 2.75) is 39.6 Å².